The Kier molecular flexibility index (Phi) is 4.15. The Bertz CT molecular complexity index is 802. The van der Waals surface area contributed by atoms with Crippen LogP contribution >= 0.6 is 0 Å². The molecule has 1 nitrogen and oxygen atoms in total. The van der Waals surface area contributed by atoms with E-state index in [1.54, 1.807) is 0 Å². The zero-order valence-corrected chi connectivity index (χ0v) is 13.5. The van der Waals surface area contributed by atoms with Crippen LogP contribution < -0.4 is 4.57 Å². The van der Waals surface area contributed by atoms with Crippen LogP contribution in [0.3, 0.4) is 0 Å². The molecule has 0 radical (unpaired) electrons. The molecule has 1 heteroatoms. The van der Waals surface area contributed by atoms with Gasteiger partial charge in [0.05, 0.1) is 6.20 Å². The molecule has 0 N–H and O–H groups in total. The Morgan fingerprint density at radius 1 is 1.05 bits per heavy atom. The molecule has 0 unspecified atom stereocenters. The minimum absolute atomic E-state index is 1.16. The third kappa shape index (κ3) is 2.71. The van der Waals surface area contributed by atoms with Crippen LogP contribution in [-0.4, -0.2) is 0 Å². The highest BCUT2D eigenvalue weighted by Crippen LogP contribution is 2.28. The maximum absolute atomic E-state index is 4.18. The summed E-state index contributed by atoms with van der Waals surface area (Å²) in [7, 11) is 4.18. The van der Waals surface area contributed by atoms with E-state index in [0.717, 1.165) is 6.42 Å². The van der Waals surface area contributed by atoms with Gasteiger partial charge in [-0.1, -0.05) is 55.8 Å². The standard InChI is InChI=1S/C21H23N/c1-4-5-8-17-11-12-19(16(2)15-17)21-20-10-7-6-9-18(20)13-14-22(21)3/h6-7,9-15H,3-5,8H2,1-2H3. The van der Waals surface area contributed by atoms with Gasteiger partial charge >= 0.3 is 0 Å². The summed E-state index contributed by atoms with van der Waals surface area (Å²) in [5.74, 6) is 0. The molecule has 0 aliphatic rings. The van der Waals surface area contributed by atoms with Crippen molar-refractivity contribution in [2.45, 2.75) is 33.1 Å². The Morgan fingerprint density at radius 3 is 2.64 bits per heavy atom. The summed E-state index contributed by atoms with van der Waals surface area (Å²) < 4.78 is 1.98. The molecule has 3 aromatic rings. The van der Waals surface area contributed by atoms with Crippen LogP contribution in [0.25, 0.3) is 22.0 Å². The molecule has 0 spiro atoms. The van der Waals surface area contributed by atoms with E-state index in [9.17, 15) is 0 Å². The molecule has 3 rings (SSSR count). The average Bonchev–Trinajstić information content (AvgIpc) is 2.54. The van der Waals surface area contributed by atoms with Crippen molar-refractivity contribution in [2.24, 2.45) is 0 Å². The second kappa shape index (κ2) is 6.23. The minimum atomic E-state index is 1.16. The number of pyridine rings is 1. The van der Waals surface area contributed by atoms with Gasteiger partial charge in [-0.25, -0.2) is 0 Å². The molecule has 0 aliphatic carbocycles. The second-order valence-corrected chi connectivity index (χ2v) is 5.97. The van der Waals surface area contributed by atoms with Crippen molar-refractivity contribution in [3.8, 4) is 11.3 Å². The lowest BCUT2D eigenvalue weighted by Gasteiger charge is -2.15. The number of aromatic nitrogens is 1. The fourth-order valence-electron chi connectivity index (χ4n) is 3.09. The highest BCUT2D eigenvalue weighted by atomic mass is 14.9. The van der Waals surface area contributed by atoms with Gasteiger partial charge in [-0.15, -0.1) is 0 Å². The van der Waals surface area contributed by atoms with Crippen LogP contribution in [0.4, 0.5) is 0 Å². The average molecular weight is 289 g/mol. The molecule has 0 fully saturated rings. The fraction of sp³-hybridized carbons (Fsp3) is 0.238. The Hall–Kier alpha value is -2.28. The van der Waals surface area contributed by atoms with Crippen LogP contribution in [0.15, 0.2) is 54.7 Å². The minimum Gasteiger partial charge on any atom is -0.332 e. The van der Waals surface area contributed by atoms with E-state index in [0.29, 0.717) is 0 Å². The lowest BCUT2D eigenvalue weighted by molar-refractivity contribution is -0.599. The number of hydrogen-bond acceptors (Lipinski definition) is 0. The van der Waals surface area contributed by atoms with E-state index in [4.69, 9.17) is 0 Å². The van der Waals surface area contributed by atoms with Gasteiger partial charge in [0, 0.05) is 7.05 Å². The summed E-state index contributed by atoms with van der Waals surface area (Å²) in [6, 6.07) is 17.5. The number of nitrogens with zero attached hydrogens (tertiary/aromatic N) is 1. The fourth-order valence-corrected chi connectivity index (χ4v) is 3.09. The molecule has 112 valence electrons. The Morgan fingerprint density at radius 2 is 1.86 bits per heavy atom. The number of benzene rings is 2. The summed E-state index contributed by atoms with van der Waals surface area (Å²) in [4.78, 5) is 0. The SMILES string of the molecule is [CH2-][n+]1ccc2ccccc2c1-c1ccc(CCCC)cc1C. The van der Waals surface area contributed by atoms with Crippen molar-refractivity contribution in [3.05, 3.63) is 72.9 Å². The number of hydrogen-bond donors (Lipinski definition) is 0. The molecule has 1 aromatic heterocycles. The van der Waals surface area contributed by atoms with E-state index in [-0.39, 0.29) is 0 Å². The van der Waals surface area contributed by atoms with Crippen LogP contribution in [0.2, 0.25) is 0 Å². The smallest absolute Gasteiger partial charge is 0.120 e. The number of aryl methyl sites for hydroxylation is 2. The molecule has 1 heterocycles. The van der Waals surface area contributed by atoms with Gasteiger partial charge in [0.25, 0.3) is 0 Å². The van der Waals surface area contributed by atoms with E-state index >= 15 is 0 Å². The second-order valence-electron chi connectivity index (χ2n) is 5.97. The molecular formula is C21H23N. The van der Waals surface area contributed by atoms with Gasteiger partial charge in [0.15, 0.2) is 0 Å². The summed E-state index contributed by atoms with van der Waals surface area (Å²) in [5.41, 5.74) is 5.21. The lowest BCUT2D eigenvalue weighted by Crippen LogP contribution is -2.28. The maximum Gasteiger partial charge on any atom is 0.120 e. The van der Waals surface area contributed by atoms with Crippen LogP contribution in [0, 0.1) is 14.0 Å². The zero-order chi connectivity index (χ0) is 15.5. The zero-order valence-electron chi connectivity index (χ0n) is 13.5. The summed E-state index contributed by atoms with van der Waals surface area (Å²) >= 11 is 0. The highest BCUT2D eigenvalue weighted by Gasteiger charge is 2.10. The molecular weight excluding hydrogens is 266 g/mol. The van der Waals surface area contributed by atoms with Crippen molar-refractivity contribution in [1.82, 2.24) is 0 Å². The number of rotatable bonds is 4. The molecule has 2 aromatic carbocycles. The Balaban J connectivity index is 2.13. The van der Waals surface area contributed by atoms with Crippen LogP contribution in [0.5, 0.6) is 0 Å². The first-order chi connectivity index (χ1) is 10.7. The predicted molar refractivity (Wildman–Crippen MR) is 93.7 cm³/mol. The first-order valence-corrected chi connectivity index (χ1v) is 8.05. The molecule has 0 saturated carbocycles. The molecule has 0 bridgehead atoms. The predicted octanol–water partition coefficient (Wildman–Crippen LogP) is 5.09. The van der Waals surface area contributed by atoms with E-state index < -0.39 is 0 Å². The van der Waals surface area contributed by atoms with Crippen molar-refractivity contribution in [3.63, 3.8) is 0 Å². The topological polar surface area (TPSA) is 3.88 Å². The first kappa shape index (κ1) is 14.6. The molecule has 0 atom stereocenters. The van der Waals surface area contributed by atoms with Gasteiger partial charge in [-0.2, -0.15) is 0 Å². The normalized spacial score (nSPS) is 11.0. The van der Waals surface area contributed by atoms with Crippen molar-refractivity contribution >= 4 is 10.8 Å². The van der Waals surface area contributed by atoms with Crippen LogP contribution in [-0.2, 0) is 6.42 Å². The van der Waals surface area contributed by atoms with E-state index in [1.807, 2.05) is 10.8 Å². The van der Waals surface area contributed by atoms with Gasteiger partial charge in [0.1, 0.15) is 5.69 Å². The molecule has 0 aliphatic heterocycles. The van der Waals surface area contributed by atoms with Gasteiger partial charge in [0.2, 0.25) is 0 Å². The van der Waals surface area contributed by atoms with Gasteiger partial charge in [-0.3, -0.25) is 0 Å². The largest absolute Gasteiger partial charge is 0.332 e. The highest BCUT2D eigenvalue weighted by molar-refractivity contribution is 5.93. The maximum atomic E-state index is 4.18. The monoisotopic (exact) mass is 289 g/mol. The van der Waals surface area contributed by atoms with E-state index in [2.05, 4.69) is 69.4 Å². The molecule has 22 heavy (non-hydrogen) atoms. The van der Waals surface area contributed by atoms with Crippen molar-refractivity contribution in [2.75, 3.05) is 0 Å². The first-order valence-electron chi connectivity index (χ1n) is 8.05. The Labute approximate surface area is 133 Å². The lowest BCUT2D eigenvalue weighted by atomic mass is 9.96. The molecule has 0 saturated heterocycles. The van der Waals surface area contributed by atoms with E-state index in [1.165, 1.54) is 46.0 Å². The summed E-state index contributed by atoms with van der Waals surface area (Å²) in [6.07, 6.45) is 5.70. The third-order valence-corrected chi connectivity index (χ3v) is 4.30. The number of unbranched alkanes of at least 4 members (excludes halogenated alkanes) is 1. The third-order valence-electron chi connectivity index (χ3n) is 4.30. The quantitative estimate of drug-likeness (QED) is 0.465. The van der Waals surface area contributed by atoms with Crippen molar-refractivity contribution in [1.29, 1.82) is 0 Å². The summed E-state index contributed by atoms with van der Waals surface area (Å²) in [5, 5.41) is 2.51. The van der Waals surface area contributed by atoms with Gasteiger partial charge < -0.3 is 4.57 Å². The van der Waals surface area contributed by atoms with Gasteiger partial charge in [-0.05, 0) is 53.3 Å². The van der Waals surface area contributed by atoms with Crippen LogP contribution in [0.1, 0.15) is 30.9 Å². The van der Waals surface area contributed by atoms with Crippen molar-refractivity contribution < 1.29 is 4.57 Å². The summed E-state index contributed by atoms with van der Waals surface area (Å²) in [6.45, 7) is 4.44. The number of fused-ring (bicyclic) bond motifs is 1. The molecule has 0 amide bonds.